The van der Waals surface area contributed by atoms with Gasteiger partial charge in [0.2, 0.25) is 5.88 Å². The number of fused-ring (bicyclic) bond motifs is 1. The number of hydrogen-bond acceptors (Lipinski definition) is 6. The van der Waals surface area contributed by atoms with E-state index in [1.165, 1.54) is 5.56 Å². The molecule has 0 aliphatic heterocycles. The van der Waals surface area contributed by atoms with E-state index in [-0.39, 0.29) is 4.75 Å². The number of aliphatic carboxylic acids is 1. The molecule has 0 saturated carbocycles. The van der Waals surface area contributed by atoms with Gasteiger partial charge in [0.05, 0.1) is 19.1 Å². The fourth-order valence-electron chi connectivity index (χ4n) is 5.55. The number of nitrogens with zero attached hydrogens (tertiary/aromatic N) is 3. The number of thioether (sulfide) groups is 1. The average Bonchev–Trinajstić information content (AvgIpc) is 3.30. The lowest BCUT2D eigenvalue weighted by atomic mass is 9.88. The van der Waals surface area contributed by atoms with E-state index >= 15 is 0 Å². The van der Waals surface area contributed by atoms with E-state index in [0.29, 0.717) is 31.9 Å². The highest BCUT2D eigenvalue weighted by molar-refractivity contribution is 8.00. The van der Waals surface area contributed by atoms with Crippen molar-refractivity contribution in [3.05, 3.63) is 102 Å². The molecule has 0 spiro atoms. The van der Waals surface area contributed by atoms with Crippen molar-refractivity contribution in [2.24, 2.45) is 5.41 Å². The number of hydrogen-bond donors (Lipinski definition) is 1. The predicted molar refractivity (Wildman–Crippen MR) is 191 cm³/mol. The first-order chi connectivity index (χ1) is 22.4. The Hall–Kier alpha value is -4.30. The smallest absolute Gasteiger partial charge is 0.309 e. The molecular formula is C39H45N3O4S. The van der Waals surface area contributed by atoms with Crippen LogP contribution in [0.5, 0.6) is 11.6 Å². The van der Waals surface area contributed by atoms with E-state index < -0.39 is 11.4 Å². The Kier molecular flexibility index (Phi) is 10.3. The third kappa shape index (κ3) is 8.17. The monoisotopic (exact) mass is 651 g/mol. The molecule has 0 atom stereocenters. The molecule has 8 heteroatoms. The molecular weight excluding hydrogens is 607 g/mol. The van der Waals surface area contributed by atoms with E-state index in [2.05, 4.69) is 90.8 Å². The summed E-state index contributed by atoms with van der Waals surface area (Å²) in [7, 11) is 1.63. The highest BCUT2D eigenvalue weighted by atomic mass is 32.2. The zero-order valence-electron chi connectivity index (χ0n) is 28.5. The van der Waals surface area contributed by atoms with Gasteiger partial charge in [-0.3, -0.25) is 9.78 Å². The summed E-state index contributed by atoms with van der Waals surface area (Å²) < 4.78 is 13.9. The molecule has 0 amide bonds. The van der Waals surface area contributed by atoms with E-state index in [1.807, 2.05) is 24.4 Å². The van der Waals surface area contributed by atoms with Gasteiger partial charge in [-0.15, -0.1) is 11.8 Å². The molecule has 3 aromatic heterocycles. The summed E-state index contributed by atoms with van der Waals surface area (Å²) in [6.45, 7) is 13.4. The molecule has 0 radical (unpaired) electrons. The number of pyridine rings is 2. The second-order valence-corrected chi connectivity index (χ2v) is 15.3. The molecule has 2 aromatic carbocycles. The molecule has 3 heterocycles. The highest BCUT2D eigenvalue weighted by Crippen LogP contribution is 2.44. The number of carbonyl (C=O) groups is 1. The SMILES string of the molecule is CCc1ccc(CCOc2ccc3c(c2)c(SC(C)(C)C)c(CC(C)(C)C(=O)O)n3Cc2ccc(-c3cccnc3OC)cc2)nc1. The molecule has 0 unspecified atom stereocenters. The zero-order valence-corrected chi connectivity index (χ0v) is 29.3. The number of methoxy groups -OCH3 is 1. The molecule has 0 bridgehead atoms. The van der Waals surface area contributed by atoms with Gasteiger partial charge in [-0.25, -0.2) is 4.98 Å². The maximum atomic E-state index is 12.4. The first-order valence-corrected chi connectivity index (χ1v) is 16.9. The lowest BCUT2D eigenvalue weighted by Gasteiger charge is -2.24. The largest absolute Gasteiger partial charge is 0.493 e. The Morgan fingerprint density at radius 2 is 1.70 bits per heavy atom. The number of benzene rings is 2. The van der Waals surface area contributed by atoms with Gasteiger partial charge in [-0.2, -0.15) is 0 Å². The van der Waals surface area contributed by atoms with Crippen LogP contribution in [0.2, 0.25) is 0 Å². The van der Waals surface area contributed by atoms with Crippen molar-refractivity contribution < 1.29 is 19.4 Å². The van der Waals surface area contributed by atoms with Gasteiger partial charge in [-0.05, 0) is 73.4 Å². The number of aryl methyl sites for hydroxylation is 1. The minimum Gasteiger partial charge on any atom is -0.493 e. The lowest BCUT2D eigenvalue weighted by Crippen LogP contribution is -2.28. The van der Waals surface area contributed by atoms with Crippen LogP contribution in [0.25, 0.3) is 22.0 Å². The maximum absolute atomic E-state index is 12.4. The second kappa shape index (κ2) is 14.2. The van der Waals surface area contributed by atoms with Gasteiger partial charge in [0.1, 0.15) is 5.75 Å². The molecule has 1 N–H and O–H groups in total. The lowest BCUT2D eigenvalue weighted by molar-refractivity contribution is -0.146. The standard InChI is InChI=1S/C39H45N3O4S/c1-8-26-13-16-29(41-24-26)19-21-46-30-17-18-33-32(22-30)35(47-38(2,3)4)34(23-39(5,6)37(43)44)42(33)25-27-11-14-28(15-12-27)31-10-9-20-40-36(31)45-7/h9-18,20,22,24H,8,19,21,23,25H2,1-7H3,(H,43,44). The zero-order chi connectivity index (χ0) is 33.8. The van der Waals surface area contributed by atoms with Crippen molar-refractivity contribution in [3.8, 4) is 22.8 Å². The van der Waals surface area contributed by atoms with Crippen molar-refractivity contribution in [1.29, 1.82) is 0 Å². The van der Waals surface area contributed by atoms with Gasteiger partial charge in [0.15, 0.2) is 0 Å². The summed E-state index contributed by atoms with van der Waals surface area (Å²) in [5.41, 5.74) is 6.40. The molecule has 0 aliphatic carbocycles. The summed E-state index contributed by atoms with van der Waals surface area (Å²) in [4.78, 5) is 22.4. The summed E-state index contributed by atoms with van der Waals surface area (Å²) in [5, 5.41) is 11.2. The quantitative estimate of drug-likeness (QED) is 0.127. The van der Waals surface area contributed by atoms with Crippen LogP contribution >= 0.6 is 11.8 Å². The molecule has 47 heavy (non-hydrogen) atoms. The molecule has 0 saturated heterocycles. The third-order valence-electron chi connectivity index (χ3n) is 8.18. The van der Waals surface area contributed by atoms with E-state index in [4.69, 9.17) is 9.47 Å². The normalized spacial score (nSPS) is 12.0. The molecule has 5 aromatic rings. The molecule has 246 valence electrons. The minimum absolute atomic E-state index is 0.0984. The van der Waals surface area contributed by atoms with Gasteiger partial charge in [0.25, 0.3) is 0 Å². The minimum atomic E-state index is -0.959. The predicted octanol–water partition coefficient (Wildman–Crippen LogP) is 8.88. The van der Waals surface area contributed by atoms with Gasteiger partial charge < -0.3 is 19.1 Å². The van der Waals surface area contributed by atoms with E-state index in [0.717, 1.165) is 56.0 Å². The summed E-state index contributed by atoms with van der Waals surface area (Å²) in [6.07, 6.45) is 5.72. The van der Waals surface area contributed by atoms with Gasteiger partial charge in [0, 0.05) is 69.3 Å². The van der Waals surface area contributed by atoms with Crippen LogP contribution < -0.4 is 9.47 Å². The Morgan fingerprint density at radius 1 is 0.957 bits per heavy atom. The number of carboxylic acid groups (broad SMARTS) is 1. The summed E-state index contributed by atoms with van der Waals surface area (Å²) >= 11 is 1.78. The first kappa shape index (κ1) is 34.0. The van der Waals surface area contributed by atoms with E-state index in [9.17, 15) is 9.90 Å². The van der Waals surface area contributed by atoms with Crippen molar-refractivity contribution in [2.75, 3.05) is 13.7 Å². The van der Waals surface area contributed by atoms with E-state index in [1.54, 1.807) is 38.9 Å². The van der Waals surface area contributed by atoms with Gasteiger partial charge >= 0.3 is 5.97 Å². The van der Waals surface area contributed by atoms with Crippen LogP contribution in [-0.4, -0.2) is 44.1 Å². The van der Waals surface area contributed by atoms with Crippen molar-refractivity contribution in [1.82, 2.24) is 14.5 Å². The number of carboxylic acids is 1. The third-order valence-corrected chi connectivity index (χ3v) is 9.45. The average molecular weight is 652 g/mol. The van der Waals surface area contributed by atoms with Crippen LogP contribution in [-0.2, 0) is 30.6 Å². The van der Waals surface area contributed by atoms with Crippen LogP contribution in [0.15, 0.2) is 84.0 Å². The maximum Gasteiger partial charge on any atom is 0.309 e. The fraction of sp³-hybridized carbons (Fsp3) is 0.359. The Balaban J connectivity index is 1.53. The Labute approximate surface area is 282 Å². The molecule has 0 aliphatic rings. The summed E-state index contributed by atoms with van der Waals surface area (Å²) in [6, 6.07) is 22.7. The van der Waals surface area contributed by atoms with Crippen LogP contribution in [0, 0.1) is 5.41 Å². The fourth-order valence-corrected chi connectivity index (χ4v) is 6.73. The van der Waals surface area contributed by atoms with Gasteiger partial charge in [-0.1, -0.05) is 58.0 Å². The molecule has 7 nitrogen and oxygen atoms in total. The number of rotatable bonds is 13. The van der Waals surface area contributed by atoms with Crippen LogP contribution in [0.4, 0.5) is 0 Å². The Bertz CT molecular complexity index is 1840. The highest BCUT2D eigenvalue weighted by Gasteiger charge is 2.33. The topological polar surface area (TPSA) is 86.5 Å². The second-order valence-electron chi connectivity index (χ2n) is 13.5. The van der Waals surface area contributed by atoms with Crippen molar-refractivity contribution in [3.63, 3.8) is 0 Å². The van der Waals surface area contributed by atoms with Crippen molar-refractivity contribution >= 4 is 28.6 Å². The van der Waals surface area contributed by atoms with Crippen LogP contribution in [0.3, 0.4) is 0 Å². The molecule has 5 rings (SSSR count). The van der Waals surface area contributed by atoms with Crippen molar-refractivity contribution in [2.45, 2.75) is 77.0 Å². The number of aromatic nitrogens is 3. The molecule has 0 fully saturated rings. The first-order valence-electron chi connectivity index (χ1n) is 16.1. The summed E-state index contributed by atoms with van der Waals surface area (Å²) in [5.74, 6) is 0.553. The Morgan fingerprint density at radius 3 is 2.34 bits per heavy atom. The van der Waals surface area contributed by atoms with Crippen LogP contribution in [0.1, 0.15) is 64.1 Å². The number of ether oxygens (including phenoxy) is 2.